The first-order valence-electron chi connectivity index (χ1n) is 6.54. The SMILES string of the molecule is CC(O)C(=O)OC[C@@H](O)[C@@H](O)[C@H](O)[C@@H](O)C=O.OCC(O)CO. The number of ether oxygens (including phenoxy) is 1. The van der Waals surface area contributed by atoms with Crippen LogP contribution < -0.4 is 0 Å². The quantitative estimate of drug-likeness (QED) is 0.147. The molecule has 8 N–H and O–H groups in total. The highest BCUT2D eigenvalue weighted by atomic mass is 16.6. The third-order valence-electron chi connectivity index (χ3n) is 2.39. The zero-order valence-electron chi connectivity index (χ0n) is 12.5. The Morgan fingerprint density at radius 1 is 1.00 bits per heavy atom. The van der Waals surface area contributed by atoms with Gasteiger partial charge in [0.15, 0.2) is 6.29 Å². The minimum Gasteiger partial charge on any atom is -0.461 e. The molecule has 0 aliphatic heterocycles. The number of aliphatic hydroxyl groups is 8. The summed E-state index contributed by atoms with van der Waals surface area (Å²) in [5, 5.41) is 69.3. The topological polar surface area (TPSA) is 205 Å². The molecule has 0 heterocycles. The summed E-state index contributed by atoms with van der Waals surface area (Å²) in [7, 11) is 0. The van der Waals surface area contributed by atoms with Crippen LogP contribution in [0, 0.1) is 0 Å². The number of aliphatic hydroxyl groups excluding tert-OH is 8. The van der Waals surface area contributed by atoms with Gasteiger partial charge in [-0.3, -0.25) is 0 Å². The molecule has 0 radical (unpaired) electrons. The Morgan fingerprint density at radius 3 is 1.78 bits per heavy atom. The second kappa shape index (κ2) is 13.3. The molecular weight excluding hydrogens is 320 g/mol. The van der Waals surface area contributed by atoms with Crippen LogP contribution in [0.4, 0.5) is 0 Å². The van der Waals surface area contributed by atoms with Gasteiger partial charge in [-0.25, -0.2) is 4.79 Å². The van der Waals surface area contributed by atoms with E-state index in [4.69, 9.17) is 30.6 Å². The second-order valence-electron chi connectivity index (χ2n) is 4.50. The molecule has 0 saturated heterocycles. The largest absolute Gasteiger partial charge is 0.461 e. The van der Waals surface area contributed by atoms with Gasteiger partial charge in [-0.1, -0.05) is 0 Å². The van der Waals surface area contributed by atoms with Crippen LogP contribution in [-0.2, 0) is 14.3 Å². The van der Waals surface area contributed by atoms with Crippen molar-refractivity contribution in [2.45, 2.75) is 43.5 Å². The van der Waals surface area contributed by atoms with Crippen LogP contribution in [-0.4, -0.2) is 110 Å². The molecule has 0 aromatic rings. The summed E-state index contributed by atoms with van der Waals surface area (Å²) in [5.74, 6) is -1.01. The molecule has 0 aliphatic rings. The van der Waals surface area contributed by atoms with E-state index in [0.717, 1.165) is 6.92 Å². The fraction of sp³-hybridized carbons (Fsp3) is 0.833. The lowest BCUT2D eigenvalue weighted by Gasteiger charge is -2.23. The Kier molecular flexibility index (Phi) is 13.9. The predicted molar refractivity (Wildman–Crippen MR) is 72.9 cm³/mol. The summed E-state index contributed by atoms with van der Waals surface area (Å²) in [6.45, 7) is -0.267. The van der Waals surface area contributed by atoms with Gasteiger partial charge < -0.3 is 50.4 Å². The Hall–Kier alpha value is -1.18. The van der Waals surface area contributed by atoms with Crippen molar-refractivity contribution >= 4 is 12.3 Å². The minimum absolute atomic E-state index is 0.0115. The third kappa shape index (κ3) is 11.1. The van der Waals surface area contributed by atoms with E-state index in [1.807, 2.05) is 0 Å². The third-order valence-corrected chi connectivity index (χ3v) is 2.39. The van der Waals surface area contributed by atoms with Crippen LogP contribution in [0.1, 0.15) is 6.92 Å². The zero-order chi connectivity index (χ0) is 18.6. The highest BCUT2D eigenvalue weighted by Gasteiger charge is 2.31. The summed E-state index contributed by atoms with van der Waals surface area (Å²) in [6, 6.07) is 0. The molecule has 138 valence electrons. The fourth-order valence-electron chi connectivity index (χ4n) is 0.955. The number of esters is 1. The number of hydrogen-bond acceptors (Lipinski definition) is 11. The Balaban J connectivity index is 0. The maximum absolute atomic E-state index is 10.8. The molecule has 0 aliphatic carbocycles. The van der Waals surface area contributed by atoms with Gasteiger partial charge in [0.25, 0.3) is 0 Å². The summed E-state index contributed by atoms with van der Waals surface area (Å²) in [4.78, 5) is 20.9. The number of rotatable bonds is 9. The van der Waals surface area contributed by atoms with E-state index in [2.05, 4.69) is 4.74 Å². The van der Waals surface area contributed by atoms with Gasteiger partial charge in [-0.15, -0.1) is 0 Å². The fourth-order valence-corrected chi connectivity index (χ4v) is 0.955. The molecule has 11 heteroatoms. The first-order valence-corrected chi connectivity index (χ1v) is 6.54. The van der Waals surface area contributed by atoms with Crippen molar-refractivity contribution in [3.05, 3.63) is 0 Å². The molecule has 11 nitrogen and oxygen atoms in total. The average molecular weight is 344 g/mol. The highest BCUT2D eigenvalue weighted by molar-refractivity contribution is 5.73. The molecule has 0 aromatic heterocycles. The van der Waals surface area contributed by atoms with E-state index in [1.54, 1.807) is 0 Å². The zero-order valence-corrected chi connectivity index (χ0v) is 12.5. The molecule has 1 unspecified atom stereocenters. The minimum atomic E-state index is -1.90. The smallest absolute Gasteiger partial charge is 0.334 e. The lowest BCUT2D eigenvalue weighted by atomic mass is 10.0. The molecule has 5 atom stereocenters. The van der Waals surface area contributed by atoms with Crippen molar-refractivity contribution < 1.29 is 55.2 Å². The number of carbonyl (C=O) groups is 2. The van der Waals surface area contributed by atoms with Crippen molar-refractivity contribution in [3.8, 4) is 0 Å². The first-order chi connectivity index (χ1) is 10.6. The Bertz CT molecular complexity index is 318. The predicted octanol–water partition coefficient (Wildman–Crippen LogP) is -5.12. The van der Waals surface area contributed by atoms with E-state index >= 15 is 0 Å². The highest BCUT2D eigenvalue weighted by Crippen LogP contribution is 2.05. The van der Waals surface area contributed by atoms with Crippen molar-refractivity contribution in [3.63, 3.8) is 0 Å². The van der Waals surface area contributed by atoms with Gasteiger partial charge >= 0.3 is 5.97 Å². The normalized spacial score (nSPS) is 17.3. The Morgan fingerprint density at radius 2 is 1.48 bits per heavy atom. The Labute approximate surface area is 132 Å². The molecule has 0 saturated carbocycles. The molecule has 0 amide bonds. The average Bonchev–Trinajstić information content (AvgIpc) is 2.56. The van der Waals surface area contributed by atoms with Gasteiger partial charge in [-0.2, -0.15) is 0 Å². The van der Waals surface area contributed by atoms with E-state index in [1.165, 1.54) is 0 Å². The van der Waals surface area contributed by atoms with Crippen LogP contribution in [0.5, 0.6) is 0 Å². The van der Waals surface area contributed by atoms with Crippen LogP contribution in [0.2, 0.25) is 0 Å². The van der Waals surface area contributed by atoms with E-state index < -0.39 is 49.2 Å². The van der Waals surface area contributed by atoms with Crippen molar-refractivity contribution in [2.75, 3.05) is 19.8 Å². The van der Waals surface area contributed by atoms with Gasteiger partial charge in [0.1, 0.15) is 43.2 Å². The monoisotopic (exact) mass is 344 g/mol. The summed E-state index contributed by atoms with van der Waals surface area (Å²) >= 11 is 0. The van der Waals surface area contributed by atoms with Crippen LogP contribution in [0.3, 0.4) is 0 Å². The maximum Gasteiger partial charge on any atom is 0.334 e. The number of hydrogen-bond donors (Lipinski definition) is 8. The molecule has 23 heavy (non-hydrogen) atoms. The molecule has 0 rings (SSSR count). The van der Waals surface area contributed by atoms with Crippen molar-refractivity contribution in [2.24, 2.45) is 0 Å². The maximum atomic E-state index is 10.8. The van der Waals surface area contributed by atoms with Gasteiger partial charge in [0, 0.05) is 0 Å². The van der Waals surface area contributed by atoms with E-state index in [-0.39, 0.29) is 19.5 Å². The van der Waals surface area contributed by atoms with Crippen molar-refractivity contribution in [1.82, 2.24) is 0 Å². The molecule has 0 spiro atoms. The van der Waals surface area contributed by atoms with Gasteiger partial charge in [0.05, 0.1) is 13.2 Å². The van der Waals surface area contributed by atoms with Crippen LogP contribution in [0.15, 0.2) is 0 Å². The van der Waals surface area contributed by atoms with Gasteiger partial charge in [-0.05, 0) is 6.92 Å². The molecular formula is C12H24O11. The molecule has 0 fully saturated rings. The number of carbonyl (C=O) groups excluding carboxylic acids is 2. The van der Waals surface area contributed by atoms with Crippen LogP contribution in [0.25, 0.3) is 0 Å². The summed E-state index contributed by atoms with van der Waals surface area (Å²) in [5.41, 5.74) is 0. The second-order valence-corrected chi connectivity index (χ2v) is 4.50. The van der Waals surface area contributed by atoms with E-state index in [0.29, 0.717) is 0 Å². The number of aldehydes is 1. The van der Waals surface area contributed by atoms with E-state index in [9.17, 15) is 19.8 Å². The summed E-state index contributed by atoms with van der Waals surface area (Å²) < 4.78 is 4.37. The van der Waals surface area contributed by atoms with Crippen LogP contribution >= 0.6 is 0 Å². The molecule has 0 aromatic carbocycles. The van der Waals surface area contributed by atoms with Crippen molar-refractivity contribution in [1.29, 1.82) is 0 Å². The standard InChI is InChI=1S/C9H16O8.C3H8O3/c1-4(11)9(16)17-3-6(13)8(15)7(14)5(12)2-10;4-1-3(6)2-5/h2,4-8,11-15H,3H2,1H3;3-6H,1-2H2/t4?,5-,6+,7+,8+;/m0./s1. The first kappa shape index (κ1) is 24.1. The van der Waals surface area contributed by atoms with Gasteiger partial charge in [0.2, 0.25) is 0 Å². The summed E-state index contributed by atoms with van der Waals surface area (Å²) in [6.07, 6.45) is -9.66. The molecule has 0 bridgehead atoms. The lowest BCUT2D eigenvalue weighted by molar-refractivity contribution is -0.163. The lowest BCUT2D eigenvalue weighted by Crippen LogP contribution is -2.47.